The second-order valence-corrected chi connectivity index (χ2v) is 6.45. The molecule has 0 radical (unpaired) electrons. The van der Waals surface area contributed by atoms with Gasteiger partial charge in [-0.25, -0.2) is 0 Å². The zero-order valence-electron chi connectivity index (χ0n) is 15.8. The first-order valence-corrected chi connectivity index (χ1v) is 8.75. The Bertz CT molecular complexity index is 953. The summed E-state index contributed by atoms with van der Waals surface area (Å²) in [6.45, 7) is 0.0810. The van der Waals surface area contributed by atoms with Gasteiger partial charge >= 0.3 is 5.97 Å². The topological polar surface area (TPSA) is 117 Å². The Morgan fingerprint density at radius 2 is 1.79 bits per heavy atom. The van der Waals surface area contributed by atoms with Gasteiger partial charge in [-0.1, -0.05) is 24.3 Å². The maximum Gasteiger partial charge on any atom is 0.305 e. The maximum absolute atomic E-state index is 12.9. The van der Waals surface area contributed by atoms with E-state index in [4.69, 9.17) is 11.1 Å². The van der Waals surface area contributed by atoms with Gasteiger partial charge < -0.3 is 20.5 Å². The van der Waals surface area contributed by atoms with Gasteiger partial charge in [0.15, 0.2) is 0 Å². The average molecular weight is 416 g/mol. The Labute approximate surface area is 174 Å². The predicted molar refractivity (Wildman–Crippen MR) is 113 cm³/mol. The summed E-state index contributed by atoms with van der Waals surface area (Å²) in [5, 5.41) is 17.8. The van der Waals surface area contributed by atoms with E-state index in [0.29, 0.717) is 23.2 Å². The number of benzene rings is 2. The highest BCUT2D eigenvalue weighted by Gasteiger charge is 2.32. The van der Waals surface area contributed by atoms with E-state index in [9.17, 15) is 14.7 Å². The number of amides is 1. The lowest BCUT2D eigenvalue weighted by Crippen LogP contribution is -2.26. The van der Waals surface area contributed by atoms with E-state index >= 15 is 0 Å². The number of hydrogen-bond donors (Lipinski definition) is 3. The summed E-state index contributed by atoms with van der Waals surface area (Å²) >= 11 is 0. The van der Waals surface area contributed by atoms with Crippen molar-refractivity contribution in [2.75, 3.05) is 18.6 Å². The number of aliphatic hydroxyl groups excluding tert-OH is 1. The zero-order chi connectivity index (χ0) is 20.3. The molecule has 0 spiro atoms. The van der Waals surface area contributed by atoms with Crippen LogP contribution < -0.4 is 10.6 Å². The summed E-state index contributed by atoms with van der Waals surface area (Å²) in [6.07, 6.45) is 0.827. The number of rotatable bonds is 6. The number of anilines is 1. The largest absolute Gasteiger partial charge is 0.510 e. The number of ether oxygens (including phenoxy) is 1. The first kappa shape index (κ1) is 22.0. The molecule has 2 aromatic carbocycles. The van der Waals surface area contributed by atoms with Crippen molar-refractivity contribution >= 4 is 41.4 Å². The molecule has 8 heteroatoms. The van der Waals surface area contributed by atoms with Crippen molar-refractivity contribution in [3.63, 3.8) is 0 Å². The number of hydrogen-bond acceptors (Lipinski definition) is 5. The van der Waals surface area contributed by atoms with Crippen LogP contribution in [0.15, 0.2) is 54.3 Å². The summed E-state index contributed by atoms with van der Waals surface area (Å²) in [7, 11) is 1.35. The highest BCUT2D eigenvalue weighted by atomic mass is 35.5. The molecule has 0 fully saturated rings. The van der Waals surface area contributed by atoms with Crippen LogP contribution in [0, 0.1) is 5.41 Å². The summed E-state index contributed by atoms with van der Waals surface area (Å²) < 4.78 is 4.63. The van der Waals surface area contributed by atoms with Crippen LogP contribution in [0.2, 0.25) is 0 Å². The van der Waals surface area contributed by atoms with Crippen LogP contribution in [0.25, 0.3) is 5.57 Å². The van der Waals surface area contributed by atoms with Crippen LogP contribution in [0.1, 0.15) is 23.1 Å². The number of aryl methyl sites for hydroxylation is 1. The number of amidine groups is 1. The van der Waals surface area contributed by atoms with E-state index < -0.39 is 0 Å². The molecule has 4 N–H and O–H groups in total. The molecule has 0 atom stereocenters. The van der Waals surface area contributed by atoms with Crippen molar-refractivity contribution in [2.45, 2.75) is 12.8 Å². The molecule has 1 amide bonds. The first-order valence-electron chi connectivity index (χ1n) is 8.75. The van der Waals surface area contributed by atoms with Gasteiger partial charge in [0.05, 0.1) is 19.2 Å². The van der Waals surface area contributed by atoms with Gasteiger partial charge in [0.25, 0.3) is 5.91 Å². The minimum Gasteiger partial charge on any atom is -0.510 e. The fourth-order valence-corrected chi connectivity index (χ4v) is 3.07. The van der Waals surface area contributed by atoms with Crippen molar-refractivity contribution in [3.8, 4) is 0 Å². The standard InChI is InChI=1S/C21H21N3O4.ClH/c1-28-18(26)11-4-13-2-5-14(6-3-13)19-17(25)12-24(21(19)27)16-9-7-15(8-10-16)20(22)23;/h2-3,5-10,25H,4,11-12H2,1H3,(H3,22,23);1H. The van der Waals surface area contributed by atoms with E-state index in [1.165, 1.54) is 12.0 Å². The van der Waals surface area contributed by atoms with Crippen LogP contribution >= 0.6 is 12.4 Å². The minimum atomic E-state index is -0.296. The Hall–Kier alpha value is -3.32. The molecule has 3 rings (SSSR count). The third-order valence-corrected chi connectivity index (χ3v) is 4.63. The van der Waals surface area contributed by atoms with Crippen LogP contribution in [0.5, 0.6) is 0 Å². The zero-order valence-corrected chi connectivity index (χ0v) is 16.7. The quantitative estimate of drug-likeness (QED) is 0.381. The van der Waals surface area contributed by atoms with Gasteiger partial charge in [0.1, 0.15) is 11.6 Å². The molecule has 1 aliphatic rings. The molecule has 0 aliphatic carbocycles. The molecule has 0 aromatic heterocycles. The fraction of sp³-hybridized carbons (Fsp3) is 0.190. The number of aliphatic hydroxyl groups is 1. The molecule has 0 bridgehead atoms. The number of nitrogens with zero attached hydrogens (tertiary/aromatic N) is 1. The molecular weight excluding hydrogens is 394 g/mol. The molecule has 1 heterocycles. The Kier molecular flexibility index (Phi) is 7.01. The number of carbonyl (C=O) groups excluding carboxylic acids is 2. The second kappa shape index (κ2) is 9.25. The lowest BCUT2D eigenvalue weighted by molar-refractivity contribution is -0.140. The molecule has 0 saturated heterocycles. The predicted octanol–water partition coefficient (Wildman–Crippen LogP) is 2.81. The van der Waals surface area contributed by atoms with Crippen molar-refractivity contribution in [2.24, 2.45) is 5.73 Å². The smallest absolute Gasteiger partial charge is 0.305 e. The number of nitrogens with one attached hydrogen (secondary N) is 1. The highest BCUT2D eigenvalue weighted by Crippen LogP contribution is 2.31. The van der Waals surface area contributed by atoms with Crippen LogP contribution in [-0.2, 0) is 20.7 Å². The normalized spacial score (nSPS) is 13.3. The van der Waals surface area contributed by atoms with E-state index in [1.54, 1.807) is 36.4 Å². The Balaban J connectivity index is 0.00000300. The Morgan fingerprint density at radius 1 is 1.17 bits per heavy atom. The number of esters is 1. The molecule has 0 saturated carbocycles. The van der Waals surface area contributed by atoms with Crippen molar-refractivity contribution in [1.82, 2.24) is 0 Å². The highest BCUT2D eigenvalue weighted by molar-refractivity contribution is 6.29. The fourth-order valence-electron chi connectivity index (χ4n) is 3.07. The summed E-state index contributed by atoms with van der Waals surface area (Å²) in [5.74, 6) is -0.617. The lowest BCUT2D eigenvalue weighted by Gasteiger charge is -2.17. The van der Waals surface area contributed by atoms with Gasteiger partial charge in [0, 0.05) is 17.7 Å². The monoisotopic (exact) mass is 415 g/mol. The van der Waals surface area contributed by atoms with Crippen molar-refractivity contribution in [3.05, 3.63) is 71.0 Å². The lowest BCUT2D eigenvalue weighted by atomic mass is 10.0. The molecule has 1 aliphatic heterocycles. The van der Waals surface area contributed by atoms with Crippen LogP contribution in [0.4, 0.5) is 5.69 Å². The summed E-state index contributed by atoms with van der Waals surface area (Å²) in [5.41, 5.74) is 8.45. The van der Waals surface area contributed by atoms with Gasteiger partial charge in [-0.3, -0.25) is 15.0 Å². The molecular formula is C21H22ClN3O4. The van der Waals surface area contributed by atoms with Crippen molar-refractivity contribution in [1.29, 1.82) is 5.41 Å². The number of nitrogen functional groups attached to an aromatic ring is 1. The number of halogens is 1. The molecule has 7 nitrogen and oxygen atoms in total. The molecule has 0 unspecified atom stereocenters. The SMILES string of the molecule is COC(=O)CCc1ccc(C2=C(O)CN(c3ccc(C(=N)N)cc3)C2=O)cc1.Cl. The third kappa shape index (κ3) is 4.75. The average Bonchev–Trinajstić information content (AvgIpc) is 3.00. The maximum atomic E-state index is 12.9. The van der Waals surface area contributed by atoms with Gasteiger partial charge in [-0.05, 0) is 41.8 Å². The number of carbonyl (C=O) groups is 2. The van der Waals surface area contributed by atoms with Crippen LogP contribution in [0.3, 0.4) is 0 Å². The van der Waals surface area contributed by atoms with E-state index in [-0.39, 0.29) is 54.4 Å². The number of methoxy groups -OCH3 is 1. The first-order chi connectivity index (χ1) is 13.4. The summed E-state index contributed by atoms with van der Waals surface area (Å²) in [6, 6.07) is 13.9. The van der Waals surface area contributed by atoms with Gasteiger partial charge in [-0.2, -0.15) is 0 Å². The van der Waals surface area contributed by atoms with E-state index in [2.05, 4.69) is 4.74 Å². The second-order valence-electron chi connectivity index (χ2n) is 6.45. The van der Waals surface area contributed by atoms with Crippen molar-refractivity contribution < 1.29 is 19.4 Å². The summed E-state index contributed by atoms with van der Waals surface area (Å²) in [4.78, 5) is 25.6. The number of nitrogens with two attached hydrogens (primary N) is 1. The van der Waals surface area contributed by atoms with Gasteiger partial charge in [0.2, 0.25) is 0 Å². The minimum absolute atomic E-state index is 0. The van der Waals surface area contributed by atoms with E-state index in [1.807, 2.05) is 12.1 Å². The third-order valence-electron chi connectivity index (χ3n) is 4.63. The van der Waals surface area contributed by atoms with Crippen LogP contribution in [-0.4, -0.2) is 36.5 Å². The van der Waals surface area contributed by atoms with E-state index in [0.717, 1.165) is 5.56 Å². The molecule has 2 aromatic rings. The molecule has 152 valence electrons. The Morgan fingerprint density at radius 3 is 2.34 bits per heavy atom. The van der Waals surface area contributed by atoms with Gasteiger partial charge in [-0.15, -0.1) is 12.4 Å². The molecule has 29 heavy (non-hydrogen) atoms.